The predicted molar refractivity (Wildman–Crippen MR) is 115 cm³/mol. The van der Waals surface area contributed by atoms with Gasteiger partial charge in [0.05, 0.1) is 17.8 Å². The lowest BCUT2D eigenvalue weighted by Gasteiger charge is -2.39. The molecule has 0 bridgehead atoms. The van der Waals surface area contributed by atoms with Crippen LogP contribution in [-0.4, -0.2) is 51.7 Å². The normalized spacial score (nSPS) is 16.0. The second kappa shape index (κ2) is 8.39. The summed E-state index contributed by atoms with van der Waals surface area (Å²) < 4.78 is 1.52. The monoisotopic (exact) mass is 408 g/mol. The zero-order valence-corrected chi connectivity index (χ0v) is 17.5. The number of rotatable bonds is 4. The Kier molecular flexibility index (Phi) is 5.69. The van der Waals surface area contributed by atoms with E-state index >= 15 is 0 Å². The van der Waals surface area contributed by atoms with E-state index in [9.17, 15) is 4.79 Å². The van der Waals surface area contributed by atoms with Gasteiger partial charge in [-0.15, -0.1) is 0 Å². The summed E-state index contributed by atoms with van der Waals surface area (Å²) in [5, 5.41) is 4.48. The van der Waals surface area contributed by atoms with Gasteiger partial charge >= 0.3 is 0 Å². The maximum absolute atomic E-state index is 12.9. The Hall–Kier alpha value is -2.63. The Balaban J connectivity index is 1.53. The van der Waals surface area contributed by atoms with E-state index in [0.717, 1.165) is 13.1 Å². The van der Waals surface area contributed by atoms with E-state index < -0.39 is 0 Å². The van der Waals surface area contributed by atoms with Gasteiger partial charge in [0.25, 0.3) is 5.91 Å². The number of carbonyl (C=O) groups is 1. The molecule has 1 unspecified atom stereocenters. The molecule has 29 heavy (non-hydrogen) atoms. The lowest BCUT2D eigenvalue weighted by molar-refractivity contribution is 0.0597. The summed E-state index contributed by atoms with van der Waals surface area (Å²) in [5.74, 6) is -0.0469. The van der Waals surface area contributed by atoms with Crippen LogP contribution in [0.5, 0.6) is 0 Å². The van der Waals surface area contributed by atoms with Gasteiger partial charge in [0.15, 0.2) is 0 Å². The summed E-state index contributed by atoms with van der Waals surface area (Å²) in [7, 11) is 1.74. The van der Waals surface area contributed by atoms with Gasteiger partial charge in [-0.3, -0.25) is 14.4 Å². The first-order valence-electron chi connectivity index (χ1n) is 9.87. The molecule has 2 heterocycles. The molecule has 1 amide bonds. The maximum atomic E-state index is 12.9. The fraction of sp³-hybridized carbons (Fsp3) is 0.304. The van der Waals surface area contributed by atoms with Crippen molar-refractivity contribution < 1.29 is 4.79 Å². The van der Waals surface area contributed by atoms with Crippen LogP contribution in [0, 0.1) is 6.92 Å². The van der Waals surface area contributed by atoms with Crippen LogP contribution in [0.4, 0.5) is 0 Å². The van der Waals surface area contributed by atoms with E-state index in [-0.39, 0.29) is 11.9 Å². The molecule has 0 N–H and O–H groups in total. The second-order valence-electron chi connectivity index (χ2n) is 7.52. The van der Waals surface area contributed by atoms with Crippen LogP contribution in [-0.2, 0) is 7.05 Å². The molecule has 4 rings (SSSR count). The molecular formula is C23H25ClN4O. The van der Waals surface area contributed by atoms with Crippen LogP contribution in [0.3, 0.4) is 0 Å². The van der Waals surface area contributed by atoms with E-state index in [4.69, 9.17) is 11.6 Å². The average molecular weight is 409 g/mol. The second-order valence-corrected chi connectivity index (χ2v) is 7.88. The molecule has 5 nitrogen and oxygen atoms in total. The summed E-state index contributed by atoms with van der Waals surface area (Å²) in [6, 6.07) is 19.5. The molecule has 2 aromatic carbocycles. The van der Waals surface area contributed by atoms with Crippen molar-refractivity contribution in [3.8, 4) is 0 Å². The first-order chi connectivity index (χ1) is 14.0. The Bertz CT molecular complexity index is 976. The highest BCUT2D eigenvalue weighted by atomic mass is 35.5. The number of nitrogens with zero attached hydrogens (tertiary/aromatic N) is 4. The van der Waals surface area contributed by atoms with Gasteiger partial charge in [-0.1, -0.05) is 71.8 Å². The summed E-state index contributed by atoms with van der Waals surface area (Å²) in [6.07, 6.45) is 1.55. The number of amides is 1. The van der Waals surface area contributed by atoms with Gasteiger partial charge in [0.1, 0.15) is 5.15 Å². The first-order valence-corrected chi connectivity index (χ1v) is 10.2. The zero-order chi connectivity index (χ0) is 20.4. The van der Waals surface area contributed by atoms with Gasteiger partial charge in [-0.2, -0.15) is 5.10 Å². The highest BCUT2D eigenvalue weighted by Crippen LogP contribution is 2.30. The molecule has 0 aliphatic carbocycles. The number of halogens is 1. The molecule has 0 saturated carbocycles. The van der Waals surface area contributed by atoms with Crippen molar-refractivity contribution in [1.82, 2.24) is 19.6 Å². The predicted octanol–water partition coefficient (Wildman–Crippen LogP) is 3.93. The van der Waals surface area contributed by atoms with E-state index in [1.807, 2.05) is 11.0 Å². The quantitative estimate of drug-likeness (QED) is 0.656. The van der Waals surface area contributed by atoms with Crippen LogP contribution in [0.15, 0.2) is 60.8 Å². The summed E-state index contributed by atoms with van der Waals surface area (Å²) in [6.45, 7) is 5.04. The van der Waals surface area contributed by atoms with Gasteiger partial charge in [-0.05, 0) is 18.1 Å². The number of aryl methyl sites for hydroxylation is 2. The molecule has 1 saturated heterocycles. The number of aromatic nitrogens is 2. The molecule has 1 aliphatic rings. The largest absolute Gasteiger partial charge is 0.336 e. The van der Waals surface area contributed by atoms with Gasteiger partial charge in [-0.25, -0.2) is 0 Å². The highest BCUT2D eigenvalue weighted by Gasteiger charge is 2.29. The van der Waals surface area contributed by atoms with Crippen LogP contribution in [0.1, 0.15) is 33.1 Å². The lowest BCUT2D eigenvalue weighted by atomic mass is 9.95. The third-order valence-electron chi connectivity index (χ3n) is 5.57. The van der Waals surface area contributed by atoms with Crippen molar-refractivity contribution in [1.29, 1.82) is 0 Å². The first kappa shape index (κ1) is 19.7. The number of hydrogen-bond acceptors (Lipinski definition) is 3. The van der Waals surface area contributed by atoms with Crippen LogP contribution >= 0.6 is 11.6 Å². The maximum Gasteiger partial charge on any atom is 0.258 e. The van der Waals surface area contributed by atoms with Crippen LogP contribution < -0.4 is 0 Å². The van der Waals surface area contributed by atoms with E-state index in [2.05, 4.69) is 65.5 Å². The van der Waals surface area contributed by atoms with Crippen molar-refractivity contribution in [2.75, 3.05) is 26.2 Å². The molecule has 0 radical (unpaired) electrons. The minimum atomic E-state index is -0.0469. The molecule has 1 atom stereocenters. The molecule has 0 spiro atoms. The van der Waals surface area contributed by atoms with Crippen molar-refractivity contribution in [2.24, 2.45) is 7.05 Å². The van der Waals surface area contributed by atoms with Gasteiger partial charge in [0.2, 0.25) is 0 Å². The lowest BCUT2D eigenvalue weighted by Crippen LogP contribution is -2.49. The van der Waals surface area contributed by atoms with E-state index in [1.54, 1.807) is 13.2 Å². The fourth-order valence-electron chi connectivity index (χ4n) is 3.92. The Morgan fingerprint density at radius 2 is 1.59 bits per heavy atom. The minimum absolute atomic E-state index is 0.0469. The third-order valence-corrected chi connectivity index (χ3v) is 6.02. The molecule has 1 aliphatic heterocycles. The molecule has 1 aromatic heterocycles. The number of piperazine rings is 1. The van der Waals surface area contributed by atoms with Crippen molar-refractivity contribution in [2.45, 2.75) is 13.0 Å². The molecular weight excluding hydrogens is 384 g/mol. The molecule has 150 valence electrons. The number of hydrogen-bond donors (Lipinski definition) is 0. The molecule has 6 heteroatoms. The molecule has 3 aromatic rings. The van der Waals surface area contributed by atoms with Crippen molar-refractivity contribution >= 4 is 17.5 Å². The van der Waals surface area contributed by atoms with Crippen LogP contribution in [0.25, 0.3) is 0 Å². The third kappa shape index (κ3) is 4.07. The summed E-state index contributed by atoms with van der Waals surface area (Å²) in [4.78, 5) is 17.2. The number of carbonyl (C=O) groups excluding carboxylic acids is 1. The van der Waals surface area contributed by atoms with Gasteiger partial charge in [0, 0.05) is 33.2 Å². The van der Waals surface area contributed by atoms with Crippen molar-refractivity contribution in [3.05, 3.63) is 88.2 Å². The summed E-state index contributed by atoms with van der Waals surface area (Å²) in [5.41, 5.74) is 4.27. The Morgan fingerprint density at radius 3 is 2.17 bits per heavy atom. The Morgan fingerprint density at radius 1 is 0.966 bits per heavy atom. The summed E-state index contributed by atoms with van der Waals surface area (Å²) >= 11 is 6.22. The fourth-order valence-corrected chi connectivity index (χ4v) is 4.09. The van der Waals surface area contributed by atoms with E-state index in [0.29, 0.717) is 23.8 Å². The smallest absolute Gasteiger partial charge is 0.258 e. The SMILES string of the molecule is Cc1ccc(C(c2ccccc2)N2CCN(C(=O)c3cnn(C)c3Cl)CC2)cc1. The number of benzene rings is 2. The Labute approximate surface area is 176 Å². The topological polar surface area (TPSA) is 41.4 Å². The van der Waals surface area contributed by atoms with Crippen molar-refractivity contribution in [3.63, 3.8) is 0 Å². The average Bonchev–Trinajstić information content (AvgIpc) is 3.09. The minimum Gasteiger partial charge on any atom is -0.336 e. The zero-order valence-electron chi connectivity index (χ0n) is 16.8. The van der Waals surface area contributed by atoms with Crippen LogP contribution in [0.2, 0.25) is 5.15 Å². The highest BCUT2D eigenvalue weighted by molar-refractivity contribution is 6.32. The van der Waals surface area contributed by atoms with Gasteiger partial charge < -0.3 is 4.90 Å². The standard InChI is InChI=1S/C23H25ClN4O/c1-17-8-10-19(11-9-17)21(18-6-4-3-5-7-18)27-12-14-28(15-13-27)23(29)20-16-25-26(2)22(20)24/h3-11,16,21H,12-15H2,1-2H3. The van der Waals surface area contributed by atoms with E-state index in [1.165, 1.54) is 21.4 Å². The molecule has 1 fully saturated rings.